The minimum atomic E-state index is -0.236. The Balaban J connectivity index is 1.94. The molecule has 0 bridgehead atoms. The number of nitrogens with one attached hydrogen (secondary N) is 1. The number of rotatable bonds is 2. The van der Waals surface area contributed by atoms with Gasteiger partial charge in [0.1, 0.15) is 0 Å². The molecule has 1 N–H and O–H groups in total. The molecule has 0 aliphatic carbocycles. The molecule has 2 heterocycles. The molecular weight excluding hydrogens is 230 g/mol. The number of hydrogen-bond donors (Lipinski definition) is 1. The summed E-state index contributed by atoms with van der Waals surface area (Å²) in [6, 6.07) is 3.16. The van der Waals surface area contributed by atoms with Crippen LogP contribution in [0.1, 0.15) is 23.3 Å². The number of aromatic nitrogens is 2. The van der Waals surface area contributed by atoms with Gasteiger partial charge in [-0.25, -0.2) is 0 Å². The van der Waals surface area contributed by atoms with Crippen LogP contribution in [0.15, 0.2) is 12.1 Å². The zero-order valence-corrected chi connectivity index (χ0v) is 9.41. The van der Waals surface area contributed by atoms with Crippen molar-refractivity contribution in [3.05, 3.63) is 23.0 Å². The van der Waals surface area contributed by atoms with E-state index in [1.54, 1.807) is 12.1 Å². The Morgan fingerprint density at radius 2 is 2.38 bits per heavy atom. The molecule has 1 fully saturated rings. The molecule has 5 nitrogen and oxygen atoms in total. The summed E-state index contributed by atoms with van der Waals surface area (Å²) in [5, 5.41) is 10.4. The molecule has 1 atom stereocenters. The topological polar surface area (TPSA) is 64.1 Å². The zero-order chi connectivity index (χ0) is 11.4. The largest absolute Gasteiger partial charge is 0.379 e. The second-order valence-electron chi connectivity index (χ2n) is 3.63. The molecule has 1 saturated heterocycles. The summed E-state index contributed by atoms with van der Waals surface area (Å²) in [6.07, 6.45) is 1.91. The quantitative estimate of drug-likeness (QED) is 0.840. The molecule has 86 valence electrons. The molecule has 1 unspecified atom stereocenters. The van der Waals surface area contributed by atoms with Gasteiger partial charge < -0.3 is 10.1 Å². The van der Waals surface area contributed by atoms with Crippen LogP contribution in [0.4, 0.5) is 0 Å². The lowest BCUT2D eigenvalue weighted by atomic mass is 10.1. The third-order valence-corrected chi connectivity index (χ3v) is 2.56. The van der Waals surface area contributed by atoms with Gasteiger partial charge in [-0.2, -0.15) is 0 Å². The maximum atomic E-state index is 11.7. The fourth-order valence-corrected chi connectivity index (χ4v) is 1.65. The van der Waals surface area contributed by atoms with Gasteiger partial charge in [-0.05, 0) is 25.0 Å². The van der Waals surface area contributed by atoms with Crippen LogP contribution in [-0.4, -0.2) is 35.4 Å². The molecule has 2 rings (SSSR count). The van der Waals surface area contributed by atoms with E-state index in [0.29, 0.717) is 6.61 Å². The van der Waals surface area contributed by atoms with Gasteiger partial charge in [0.2, 0.25) is 0 Å². The van der Waals surface area contributed by atoms with Crippen molar-refractivity contribution >= 4 is 17.5 Å². The van der Waals surface area contributed by atoms with Crippen molar-refractivity contribution in [2.24, 2.45) is 0 Å². The van der Waals surface area contributed by atoms with Crippen LogP contribution in [0.5, 0.6) is 0 Å². The summed E-state index contributed by atoms with van der Waals surface area (Å²) >= 11 is 5.58. The highest BCUT2D eigenvalue weighted by Crippen LogP contribution is 2.07. The molecule has 0 aromatic carbocycles. The number of nitrogens with zero attached hydrogens (tertiary/aromatic N) is 2. The first kappa shape index (κ1) is 11.3. The van der Waals surface area contributed by atoms with Crippen molar-refractivity contribution in [2.75, 3.05) is 13.2 Å². The van der Waals surface area contributed by atoms with Crippen molar-refractivity contribution in [1.29, 1.82) is 0 Å². The number of hydrogen-bond acceptors (Lipinski definition) is 4. The van der Waals surface area contributed by atoms with Gasteiger partial charge in [0.15, 0.2) is 10.8 Å². The molecule has 1 aromatic rings. The fourth-order valence-electron chi connectivity index (χ4n) is 1.55. The van der Waals surface area contributed by atoms with Crippen LogP contribution in [0, 0.1) is 0 Å². The molecule has 0 radical (unpaired) electrons. The number of amides is 1. The van der Waals surface area contributed by atoms with Crippen LogP contribution >= 0.6 is 11.6 Å². The molecule has 6 heteroatoms. The Morgan fingerprint density at radius 1 is 1.50 bits per heavy atom. The molecule has 0 saturated carbocycles. The fraction of sp³-hybridized carbons (Fsp3) is 0.500. The monoisotopic (exact) mass is 241 g/mol. The third-order valence-electron chi connectivity index (χ3n) is 2.36. The predicted octanol–water partition coefficient (Wildman–Crippen LogP) is 1.04. The van der Waals surface area contributed by atoms with Gasteiger partial charge in [0.25, 0.3) is 5.91 Å². The van der Waals surface area contributed by atoms with Crippen molar-refractivity contribution < 1.29 is 9.53 Å². The number of ether oxygens (including phenoxy) is 1. The second-order valence-corrected chi connectivity index (χ2v) is 4.02. The Kier molecular flexibility index (Phi) is 3.69. The van der Waals surface area contributed by atoms with Crippen molar-refractivity contribution in [3.8, 4) is 0 Å². The summed E-state index contributed by atoms with van der Waals surface area (Å²) in [7, 11) is 0. The standard InChI is InChI=1S/C10H12ClN3O2/c11-9-4-3-8(13-14-9)10(15)12-7-2-1-5-16-6-7/h3-4,7H,1-2,5-6H2,(H,12,15). The first-order chi connectivity index (χ1) is 7.75. The number of carbonyl (C=O) groups is 1. The van der Waals surface area contributed by atoms with Crippen LogP contribution in [-0.2, 0) is 4.74 Å². The molecule has 16 heavy (non-hydrogen) atoms. The number of carbonyl (C=O) groups excluding carboxylic acids is 1. The van der Waals surface area contributed by atoms with Crippen LogP contribution < -0.4 is 5.32 Å². The van der Waals surface area contributed by atoms with E-state index in [0.717, 1.165) is 19.4 Å². The molecular formula is C10H12ClN3O2. The summed E-state index contributed by atoms with van der Waals surface area (Å²) < 4.78 is 5.27. The Bertz CT molecular complexity index is 363. The Labute approximate surface area is 98.2 Å². The minimum absolute atomic E-state index is 0.0683. The molecule has 1 aliphatic heterocycles. The van der Waals surface area contributed by atoms with Crippen molar-refractivity contribution in [3.63, 3.8) is 0 Å². The van der Waals surface area contributed by atoms with Crippen LogP contribution in [0.3, 0.4) is 0 Å². The van der Waals surface area contributed by atoms with Gasteiger partial charge in [0.05, 0.1) is 12.6 Å². The molecule has 1 amide bonds. The summed E-state index contributed by atoms with van der Waals surface area (Å²) in [5.74, 6) is -0.236. The zero-order valence-electron chi connectivity index (χ0n) is 8.65. The van der Waals surface area contributed by atoms with Gasteiger partial charge in [-0.1, -0.05) is 11.6 Å². The average Bonchev–Trinajstić information content (AvgIpc) is 2.31. The molecule has 1 aromatic heterocycles. The Morgan fingerprint density at radius 3 is 3.00 bits per heavy atom. The van der Waals surface area contributed by atoms with Gasteiger partial charge >= 0.3 is 0 Å². The van der Waals surface area contributed by atoms with Crippen LogP contribution in [0.25, 0.3) is 0 Å². The summed E-state index contributed by atoms with van der Waals surface area (Å²) in [4.78, 5) is 11.7. The Hall–Kier alpha value is -1.20. The molecule has 1 aliphatic rings. The van der Waals surface area contributed by atoms with E-state index in [9.17, 15) is 4.79 Å². The minimum Gasteiger partial charge on any atom is -0.379 e. The predicted molar refractivity (Wildman–Crippen MR) is 58.3 cm³/mol. The van der Waals surface area contributed by atoms with Crippen molar-refractivity contribution in [1.82, 2.24) is 15.5 Å². The SMILES string of the molecule is O=C(NC1CCCOC1)c1ccc(Cl)nn1. The van der Waals surface area contributed by atoms with Gasteiger partial charge in [0, 0.05) is 6.61 Å². The maximum absolute atomic E-state index is 11.7. The summed E-state index contributed by atoms with van der Waals surface area (Å²) in [5.41, 5.74) is 0.273. The maximum Gasteiger partial charge on any atom is 0.272 e. The van der Waals surface area contributed by atoms with E-state index >= 15 is 0 Å². The van der Waals surface area contributed by atoms with Crippen molar-refractivity contribution in [2.45, 2.75) is 18.9 Å². The van der Waals surface area contributed by atoms with E-state index in [1.807, 2.05) is 0 Å². The third kappa shape index (κ3) is 2.90. The van der Waals surface area contributed by atoms with E-state index < -0.39 is 0 Å². The lowest BCUT2D eigenvalue weighted by Gasteiger charge is -2.22. The highest BCUT2D eigenvalue weighted by molar-refractivity contribution is 6.29. The molecule has 0 spiro atoms. The first-order valence-corrected chi connectivity index (χ1v) is 5.51. The number of halogens is 1. The highest BCUT2D eigenvalue weighted by Gasteiger charge is 2.17. The lowest BCUT2D eigenvalue weighted by Crippen LogP contribution is -2.40. The summed E-state index contributed by atoms with van der Waals surface area (Å²) in [6.45, 7) is 1.33. The van der Waals surface area contributed by atoms with E-state index in [1.165, 1.54) is 0 Å². The second kappa shape index (κ2) is 5.23. The lowest BCUT2D eigenvalue weighted by molar-refractivity contribution is 0.0621. The van der Waals surface area contributed by atoms with Gasteiger partial charge in [-0.3, -0.25) is 4.79 Å². The highest BCUT2D eigenvalue weighted by atomic mass is 35.5. The smallest absolute Gasteiger partial charge is 0.272 e. The van der Waals surface area contributed by atoms with Gasteiger partial charge in [-0.15, -0.1) is 10.2 Å². The van der Waals surface area contributed by atoms with E-state index in [2.05, 4.69) is 15.5 Å². The van der Waals surface area contributed by atoms with E-state index in [-0.39, 0.29) is 22.8 Å². The van der Waals surface area contributed by atoms with E-state index in [4.69, 9.17) is 16.3 Å². The first-order valence-electron chi connectivity index (χ1n) is 5.13. The average molecular weight is 242 g/mol. The van der Waals surface area contributed by atoms with Crippen LogP contribution in [0.2, 0.25) is 5.15 Å². The normalized spacial score (nSPS) is 20.4.